The predicted molar refractivity (Wildman–Crippen MR) is 80.7 cm³/mol. The smallest absolute Gasteiger partial charge is 0.283 e. The Morgan fingerprint density at radius 3 is 2.63 bits per heavy atom. The third-order valence-electron chi connectivity index (χ3n) is 3.51. The van der Waals surface area contributed by atoms with Crippen LogP contribution < -0.4 is 10.9 Å². The topological polar surface area (TPSA) is 50.2 Å². The Hall–Kier alpha value is -0.880. The van der Waals surface area contributed by atoms with Crippen molar-refractivity contribution in [1.82, 2.24) is 14.7 Å². The minimum absolute atomic E-state index is 0.0705. The van der Waals surface area contributed by atoms with Crippen LogP contribution in [-0.2, 0) is 0 Å². The summed E-state index contributed by atoms with van der Waals surface area (Å²) in [7, 11) is 2.14. The van der Waals surface area contributed by atoms with Crippen molar-refractivity contribution in [2.75, 3.05) is 25.5 Å². The van der Waals surface area contributed by atoms with Crippen molar-refractivity contribution in [3.05, 3.63) is 21.0 Å². The fourth-order valence-electron chi connectivity index (χ4n) is 2.29. The van der Waals surface area contributed by atoms with Crippen molar-refractivity contribution in [1.29, 1.82) is 0 Å². The highest BCUT2D eigenvalue weighted by Gasteiger charge is 2.18. The van der Waals surface area contributed by atoms with Gasteiger partial charge in [0.25, 0.3) is 5.56 Å². The molecule has 1 N–H and O–H groups in total. The van der Waals surface area contributed by atoms with Crippen LogP contribution in [0.25, 0.3) is 0 Å². The van der Waals surface area contributed by atoms with Crippen LogP contribution in [0.5, 0.6) is 0 Å². The summed E-state index contributed by atoms with van der Waals surface area (Å²) in [5, 5.41) is 7.65. The van der Waals surface area contributed by atoms with Crippen LogP contribution in [-0.4, -0.2) is 40.9 Å². The zero-order valence-corrected chi connectivity index (χ0v) is 13.3. The Labute approximate surface area is 122 Å². The largest absolute Gasteiger partial charge is 0.380 e. The zero-order valence-electron chi connectivity index (χ0n) is 11.7. The van der Waals surface area contributed by atoms with Crippen LogP contribution in [0.4, 0.5) is 5.69 Å². The monoisotopic (exact) mass is 328 g/mol. The minimum Gasteiger partial charge on any atom is -0.380 e. The summed E-state index contributed by atoms with van der Waals surface area (Å²) < 4.78 is 2.07. The van der Waals surface area contributed by atoms with E-state index in [-0.39, 0.29) is 11.6 Å². The predicted octanol–water partition coefficient (Wildman–Crippen LogP) is 2.09. The molecule has 0 aliphatic carbocycles. The number of hydrogen-bond donors (Lipinski definition) is 1. The highest BCUT2D eigenvalue weighted by molar-refractivity contribution is 9.10. The number of likely N-dealkylation sites (tertiary alicyclic amines) is 1. The normalized spacial score (nSPS) is 17.9. The molecule has 1 fully saturated rings. The van der Waals surface area contributed by atoms with E-state index in [9.17, 15) is 4.79 Å². The molecule has 1 aliphatic heterocycles. The van der Waals surface area contributed by atoms with Crippen molar-refractivity contribution in [3.63, 3.8) is 0 Å². The van der Waals surface area contributed by atoms with Gasteiger partial charge in [-0.3, -0.25) is 4.79 Å². The fourth-order valence-corrected chi connectivity index (χ4v) is 2.68. The van der Waals surface area contributed by atoms with Crippen molar-refractivity contribution < 1.29 is 0 Å². The number of hydrogen-bond acceptors (Lipinski definition) is 4. The van der Waals surface area contributed by atoms with Gasteiger partial charge in [0.15, 0.2) is 0 Å². The zero-order chi connectivity index (χ0) is 14.0. The molecular formula is C13H21BrN4O. The lowest BCUT2D eigenvalue weighted by Crippen LogP contribution is -2.37. The average molecular weight is 329 g/mol. The van der Waals surface area contributed by atoms with Gasteiger partial charge in [0.2, 0.25) is 0 Å². The van der Waals surface area contributed by atoms with Gasteiger partial charge < -0.3 is 10.2 Å². The molecule has 0 bridgehead atoms. The summed E-state index contributed by atoms with van der Waals surface area (Å²) in [6.45, 7) is 6.08. The van der Waals surface area contributed by atoms with E-state index in [1.54, 1.807) is 6.20 Å². The summed E-state index contributed by atoms with van der Waals surface area (Å²) in [6.07, 6.45) is 3.93. The Kier molecular flexibility index (Phi) is 4.62. The fraction of sp³-hybridized carbons (Fsp3) is 0.692. The second kappa shape index (κ2) is 6.05. The SMILES string of the molecule is CC(C)n1ncc(NC2CCN(C)CC2)c(Br)c1=O. The molecule has 2 heterocycles. The van der Waals surface area contributed by atoms with Crippen LogP contribution in [0.3, 0.4) is 0 Å². The van der Waals surface area contributed by atoms with Gasteiger partial charge in [0.1, 0.15) is 4.47 Å². The van der Waals surface area contributed by atoms with Gasteiger partial charge in [0.05, 0.1) is 17.9 Å². The minimum atomic E-state index is -0.0760. The van der Waals surface area contributed by atoms with Crippen molar-refractivity contribution >= 4 is 21.6 Å². The first-order chi connectivity index (χ1) is 8.99. The van der Waals surface area contributed by atoms with Crippen LogP contribution in [0, 0.1) is 0 Å². The molecule has 6 heteroatoms. The van der Waals surface area contributed by atoms with Crippen LogP contribution in [0.1, 0.15) is 32.7 Å². The van der Waals surface area contributed by atoms with E-state index in [0.29, 0.717) is 10.5 Å². The van der Waals surface area contributed by atoms with E-state index in [2.05, 4.69) is 38.3 Å². The highest BCUT2D eigenvalue weighted by Crippen LogP contribution is 2.21. The van der Waals surface area contributed by atoms with E-state index in [4.69, 9.17) is 0 Å². The molecule has 0 aromatic carbocycles. The van der Waals surface area contributed by atoms with Gasteiger partial charge in [0, 0.05) is 6.04 Å². The molecule has 1 aromatic rings. The molecule has 0 spiro atoms. The molecular weight excluding hydrogens is 308 g/mol. The number of nitrogens with zero attached hydrogens (tertiary/aromatic N) is 3. The maximum Gasteiger partial charge on any atom is 0.283 e. The number of rotatable bonds is 3. The molecule has 0 atom stereocenters. The summed E-state index contributed by atoms with van der Waals surface area (Å²) in [5.74, 6) is 0. The van der Waals surface area contributed by atoms with E-state index < -0.39 is 0 Å². The lowest BCUT2D eigenvalue weighted by molar-refractivity contribution is 0.264. The summed E-state index contributed by atoms with van der Waals surface area (Å²) in [5.41, 5.74) is 0.726. The molecule has 5 nitrogen and oxygen atoms in total. The Morgan fingerprint density at radius 1 is 1.42 bits per heavy atom. The summed E-state index contributed by atoms with van der Waals surface area (Å²) in [4.78, 5) is 14.5. The molecule has 0 unspecified atom stereocenters. The quantitative estimate of drug-likeness (QED) is 0.923. The second-order valence-corrected chi connectivity index (χ2v) is 6.23. The molecule has 1 aliphatic rings. The van der Waals surface area contributed by atoms with Crippen molar-refractivity contribution in [2.45, 2.75) is 38.8 Å². The Morgan fingerprint density at radius 2 is 2.05 bits per heavy atom. The van der Waals surface area contributed by atoms with E-state index in [0.717, 1.165) is 31.6 Å². The Bertz CT molecular complexity index is 492. The van der Waals surface area contributed by atoms with Crippen LogP contribution in [0.2, 0.25) is 0 Å². The van der Waals surface area contributed by atoms with Gasteiger partial charge in [-0.25, -0.2) is 4.68 Å². The number of piperidine rings is 1. The lowest BCUT2D eigenvalue weighted by Gasteiger charge is -2.30. The summed E-state index contributed by atoms with van der Waals surface area (Å²) >= 11 is 3.39. The average Bonchev–Trinajstić information content (AvgIpc) is 2.37. The van der Waals surface area contributed by atoms with E-state index in [1.807, 2.05) is 13.8 Å². The highest BCUT2D eigenvalue weighted by atomic mass is 79.9. The molecule has 1 aromatic heterocycles. The van der Waals surface area contributed by atoms with Crippen LogP contribution in [0.15, 0.2) is 15.5 Å². The van der Waals surface area contributed by atoms with Gasteiger partial charge in [-0.2, -0.15) is 5.10 Å². The molecule has 0 saturated carbocycles. The van der Waals surface area contributed by atoms with Gasteiger partial charge in [-0.05, 0) is 62.8 Å². The molecule has 1 saturated heterocycles. The Balaban J connectivity index is 2.13. The molecule has 106 valence electrons. The molecule has 19 heavy (non-hydrogen) atoms. The van der Waals surface area contributed by atoms with Gasteiger partial charge >= 0.3 is 0 Å². The summed E-state index contributed by atoms with van der Waals surface area (Å²) in [6, 6.07) is 0.491. The van der Waals surface area contributed by atoms with Crippen molar-refractivity contribution in [2.24, 2.45) is 0 Å². The third kappa shape index (κ3) is 3.36. The van der Waals surface area contributed by atoms with Crippen LogP contribution >= 0.6 is 15.9 Å². The first kappa shape index (κ1) is 14.5. The number of anilines is 1. The second-order valence-electron chi connectivity index (χ2n) is 5.44. The van der Waals surface area contributed by atoms with Crippen molar-refractivity contribution in [3.8, 4) is 0 Å². The first-order valence-electron chi connectivity index (χ1n) is 6.71. The first-order valence-corrected chi connectivity index (χ1v) is 7.50. The van der Waals surface area contributed by atoms with Gasteiger partial charge in [-0.15, -0.1) is 0 Å². The standard InChI is InChI=1S/C13H21BrN4O/c1-9(2)18-13(19)12(14)11(8-15-18)16-10-4-6-17(3)7-5-10/h8-10,16H,4-7H2,1-3H3. The molecule has 0 amide bonds. The van der Waals surface area contributed by atoms with E-state index in [1.165, 1.54) is 4.68 Å². The maximum atomic E-state index is 12.1. The molecule has 0 radical (unpaired) electrons. The third-order valence-corrected chi connectivity index (χ3v) is 4.28. The van der Waals surface area contributed by atoms with Gasteiger partial charge in [-0.1, -0.05) is 0 Å². The number of aromatic nitrogens is 2. The van der Waals surface area contributed by atoms with E-state index >= 15 is 0 Å². The number of nitrogens with one attached hydrogen (secondary N) is 1. The molecule has 2 rings (SSSR count). The maximum absolute atomic E-state index is 12.1. The number of halogens is 1. The lowest BCUT2D eigenvalue weighted by atomic mass is 10.1.